The molecule has 1 N–H and O–H groups in total. The van der Waals surface area contributed by atoms with E-state index in [0.717, 1.165) is 18.2 Å². The van der Waals surface area contributed by atoms with Gasteiger partial charge in [0.05, 0.1) is 16.8 Å². The molecule has 0 saturated heterocycles. The number of fused-ring (bicyclic) bond motifs is 1. The predicted molar refractivity (Wildman–Crippen MR) is 79.1 cm³/mol. The Kier molecular flexibility index (Phi) is 3.71. The molecule has 122 valence electrons. The molecule has 1 heterocycles. The van der Waals surface area contributed by atoms with Crippen LogP contribution in [-0.2, 0) is 6.18 Å². The summed E-state index contributed by atoms with van der Waals surface area (Å²) in [6, 6.07) is 9.21. The maximum atomic E-state index is 13.9. The Balaban J connectivity index is 2.20. The van der Waals surface area contributed by atoms with Crippen molar-refractivity contribution in [2.75, 3.05) is 0 Å². The molecular weight excluding hydrogens is 326 g/mol. The minimum absolute atomic E-state index is 0.0822. The van der Waals surface area contributed by atoms with E-state index in [4.69, 9.17) is 0 Å². The first-order valence-corrected chi connectivity index (χ1v) is 6.77. The summed E-state index contributed by atoms with van der Waals surface area (Å²) in [6.45, 7) is 0. The molecule has 7 heteroatoms. The Morgan fingerprint density at radius 2 is 1.71 bits per heavy atom. The topological polar surface area (TPSA) is 50.2 Å². The number of halogens is 4. The second kappa shape index (κ2) is 5.59. The fraction of sp³-hybridized carbons (Fsp3) is 0.0588. The zero-order chi connectivity index (χ0) is 17.5. The van der Waals surface area contributed by atoms with E-state index in [1.54, 1.807) is 0 Å². The molecule has 0 aliphatic heterocycles. The van der Waals surface area contributed by atoms with Crippen molar-refractivity contribution in [2.24, 2.45) is 0 Å². The quantitative estimate of drug-likeness (QED) is 0.687. The number of hydrogen-bond donors (Lipinski definition) is 1. The number of rotatable bonds is 2. The van der Waals surface area contributed by atoms with Crippen molar-refractivity contribution >= 4 is 16.9 Å². The highest BCUT2D eigenvalue weighted by Crippen LogP contribution is 2.32. The van der Waals surface area contributed by atoms with Crippen molar-refractivity contribution in [3.8, 4) is 11.3 Å². The average Bonchev–Trinajstić information content (AvgIpc) is 2.53. The fourth-order valence-electron chi connectivity index (χ4n) is 2.37. The molecule has 3 rings (SSSR count). The van der Waals surface area contributed by atoms with E-state index < -0.39 is 23.5 Å². The number of nitrogens with zero attached hydrogens (tertiary/aromatic N) is 1. The van der Waals surface area contributed by atoms with Gasteiger partial charge in [-0.1, -0.05) is 24.3 Å². The Labute approximate surface area is 133 Å². The predicted octanol–water partition coefficient (Wildman–Crippen LogP) is 4.76. The maximum absolute atomic E-state index is 13.9. The summed E-state index contributed by atoms with van der Waals surface area (Å²) in [5.41, 5.74) is -0.812. The summed E-state index contributed by atoms with van der Waals surface area (Å²) in [4.78, 5) is 15.5. The molecule has 0 unspecified atom stereocenters. The molecule has 3 nitrogen and oxygen atoms in total. The standard InChI is InChI=1S/C17H9F4NO2/c18-13-3-1-2-11-12(16(23)24)8-14(22-15(11)13)9-4-6-10(7-5-9)17(19,20)21/h1-8H,(H,23,24). The summed E-state index contributed by atoms with van der Waals surface area (Å²) in [7, 11) is 0. The fourth-order valence-corrected chi connectivity index (χ4v) is 2.37. The normalized spacial score (nSPS) is 11.7. The highest BCUT2D eigenvalue weighted by atomic mass is 19.4. The number of hydrogen-bond acceptors (Lipinski definition) is 2. The number of pyridine rings is 1. The van der Waals surface area contributed by atoms with Gasteiger partial charge in [0.2, 0.25) is 0 Å². The van der Waals surface area contributed by atoms with Crippen LogP contribution in [0.15, 0.2) is 48.5 Å². The van der Waals surface area contributed by atoms with Gasteiger partial charge >= 0.3 is 12.1 Å². The van der Waals surface area contributed by atoms with Crippen LogP contribution in [0.5, 0.6) is 0 Å². The second-order valence-electron chi connectivity index (χ2n) is 5.07. The van der Waals surface area contributed by atoms with Crippen molar-refractivity contribution in [1.82, 2.24) is 4.98 Å². The molecule has 24 heavy (non-hydrogen) atoms. The van der Waals surface area contributed by atoms with Crippen LogP contribution >= 0.6 is 0 Å². The van der Waals surface area contributed by atoms with Crippen LogP contribution in [0.2, 0.25) is 0 Å². The number of benzene rings is 2. The van der Waals surface area contributed by atoms with Gasteiger partial charge in [0.15, 0.2) is 0 Å². The van der Waals surface area contributed by atoms with E-state index in [2.05, 4.69) is 4.98 Å². The van der Waals surface area contributed by atoms with Crippen molar-refractivity contribution in [3.63, 3.8) is 0 Å². The third-order valence-corrected chi connectivity index (χ3v) is 3.53. The largest absolute Gasteiger partial charge is 0.478 e. The molecule has 0 aliphatic carbocycles. The van der Waals surface area contributed by atoms with Gasteiger partial charge in [-0.25, -0.2) is 14.2 Å². The molecule has 0 fully saturated rings. The molecule has 1 aromatic heterocycles. The Bertz CT molecular complexity index is 934. The van der Waals surface area contributed by atoms with E-state index in [9.17, 15) is 27.5 Å². The summed E-state index contributed by atoms with van der Waals surface area (Å²) in [5.74, 6) is -1.98. The van der Waals surface area contributed by atoms with Crippen LogP contribution < -0.4 is 0 Å². The lowest BCUT2D eigenvalue weighted by Crippen LogP contribution is -2.04. The zero-order valence-electron chi connectivity index (χ0n) is 11.9. The lowest BCUT2D eigenvalue weighted by Gasteiger charge is -2.10. The maximum Gasteiger partial charge on any atom is 0.416 e. The molecule has 0 amide bonds. The third-order valence-electron chi connectivity index (χ3n) is 3.53. The number of para-hydroxylation sites is 1. The highest BCUT2D eigenvalue weighted by Gasteiger charge is 2.30. The number of aromatic nitrogens is 1. The van der Waals surface area contributed by atoms with Gasteiger partial charge in [0.25, 0.3) is 0 Å². The van der Waals surface area contributed by atoms with E-state index in [1.165, 1.54) is 30.3 Å². The molecule has 0 radical (unpaired) electrons. The smallest absolute Gasteiger partial charge is 0.416 e. The lowest BCUT2D eigenvalue weighted by atomic mass is 10.0. The van der Waals surface area contributed by atoms with Gasteiger partial charge in [-0.05, 0) is 24.3 Å². The average molecular weight is 335 g/mol. The minimum Gasteiger partial charge on any atom is -0.478 e. The summed E-state index contributed by atoms with van der Waals surface area (Å²) >= 11 is 0. The molecule has 3 aromatic rings. The van der Waals surface area contributed by atoms with Crippen molar-refractivity contribution in [1.29, 1.82) is 0 Å². The molecule has 2 aromatic carbocycles. The van der Waals surface area contributed by atoms with Crippen LogP contribution in [0.4, 0.5) is 17.6 Å². The second-order valence-corrected chi connectivity index (χ2v) is 5.07. The van der Waals surface area contributed by atoms with Gasteiger partial charge < -0.3 is 5.11 Å². The van der Waals surface area contributed by atoms with Crippen molar-refractivity contribution in [3.05, 3.63) is 65.5 Å². The number of carboxylic acid groups (broad SMARTS) is 1. The van der Waals surface area contributed by atoms with Crippen LogP contribution in [0.3, 0.4) is 0 Å². The van der Waals surface area contributed by atoms with Crippen LogP contribution in [-0.4, -0.2) is 16.1 Å². The van der Waals surface area contributed by atoms with E-state index in [0.29, 0.717) is 0 Å². The molecule has 0 atom stereocenters. The first kappa shape index (κ1) is 15.9. The molecule has 0 spiro atoms. The van der Waals surface area contributed by atoms with Gasteiger partial charge in [0, 0.05) is 10.9 Å². The molecule has 0 saturated carbocycles. The van der Waals surface area contributed by atoms with Gasteiger partial charge in [-0.3, -0.25) is 0 Å². The van der Waals surface area contributed by atoms with E-state index in [-0.39, 0.29) is 27.7 Å². The Morgan fingerprint density at radius 1 is 1.04 bits per heavy atom. The number of aromatic carboxylic acids is 1. The Hall–Kier alpha value is -2.96. The van der Waals surface area contributed by atoms with Crippen LogP contribution in [0, 0.1) is 5.82 Å². The van der Waals surface area contributed by atoms with Crippen LogP contribution in [0.25, 0.3) is 22.2 Å². The summed E-state index contributed by atoms with van der Waals surface area (Å²) < 4.78 is 51.8. The molecule has 0 bridgehead atoms. The van der Waals surface area contributed by atoms with E-state index >= 15 is 0 Å². The summed E-state index contributed by atoms with van der Waals surface area (Å²) in [5, 5.41) is 9.42. The first-order valence-electron chi connectivity index (χ1n) is 6.77. The molecular formula is C17H9F4NO2. The SMILES string of the molecule is O=C(O)c1cc(-c2ccc(C(F)(F)F)cc2)nc2c(F)cccc12. The van der Waals surface area contributed by atoms with E-state index in [1.807, 2.05) is 0 Å². The third kappa shape index (κ3) is 2.80. The number of carboxylic acids is 1. The number of alkyl halides is 3. The van der Waals surface area contributed by atoms with Crippen LogP contribution in [0.1, 0.15) is 15.9 Å². The highest BCUT2D eigenvalue weighted by molar-refractivity contribution is 6.03. The van der Waals surface area contributed by atoms with Gasteiger partial charge in [-0.15, -0.1) is 0 Å². The number of carbonyl (C=O) groups is 1. The zero-order valence-corrected chi connectivity index (χ0v) is 11.9. The van der Waals surface area contributed by atoms with Crippen molar-refractivity contribution < 1.29 is 27.5 Å². The monoisotopic (exact) mass is 335 g/mol. The summed E-state index contributed by atoms with van der Waals surface area (Å²) in [6.07, 6.45) is -4.48. The van der Waals surface area contributed by atoms with Crippen molar-refractivity contribution in [2.45, 2.75) is 6.18 Å². The van der Waals surface area contributed by atoms with Gasteiger partial charge in [-0.2, -0.15) is 13.2 Å². The lowest BCUT2D eigenvalue weighted by molar-refractivity contribution is -0.137. The first-order chi connectivity index (χ1) is 11.3. The minimum atomic E-state index is -4.48. The Morgan fingerprint density at radius 3 is 2.29 bits per heavy atom. The van der Waals surface area contributed by atoms with Gasteiger partial charge in [0.1, 0.15) is 11.3 Å². The molecule has 0 aliphatic rings.